The fourth-order valence-corrected chi connectivity index (χ4v) is 3.50. The van der Waals surface area contributed by atoms with E-state index in [1.165, 1.54) is 30.3 Å². The van der Waals surface area contributed by atoms with Gasteiger partial charge in [0.05, 0.1) is 0 Å². The van der Waals surface area contributed by atoms with Crippen LogP contribution in [-0.4, -0.2) is 21.9 Å². The average Bonchev–Trinajstić information content (AvgIpc) is 2.84. The Kier molecular flexibility index (Phi) is 7.29. The lowest BCUT2D eigenvalue weighted by Crippen LogP contribution is -2.00. The molecule has 0 spiro atoms. The molecule has 0 bridgehead atoms. The molecule has 0 aliphatic carbocycles. The van der Waals surface area contributed by atoms with E-state index in [1.807, 2.05) is 50.3 Å². The van der Waals surface area contributed by atoms with Crippen LogP contribution in [0.3, 0.4) is 0 Å². The molecule has 0 saturated heterocycles. The molecule has 3 aromatic carbocycles. The molecule has 188 valence electrons. The van der Waals surface area contributed by atoms with Crippen LogP contribution in [0.1, 0.15) is 13.8 Å². The van der Waals surface area contributed by atoms with E-state index in [0.29, 0.717) is 29.1 Å². The summed E-state index contributed by atoms with van der Waals surface area (Å²) in [6, 6.07) is 18.8. The van der Waals surface area contributed by atoms with Gasteiger partial charge in [0.2, 0.25) is 0 Å². The molecule has 2 aromatic heterocycles. The summed E-state index contributed by atoms with van der Waals surface area (Å²) in [4.78, 5) is 23.1. The molecule has 8 nitrogen and oxygen atoms in total. The van der Waals surface area contributed by atoms with Crippen molar-refractivity contribution >= 4 is 21.9 Å². The van der Waals surface area contributed by atoms with Gasteiger partial charge < -0.3 is 28.9 Å². The summed E-state index contributed by atoms with van der Waals surface area (Å²) in [6.07, 6.45) is 1.89. The van der Waals surface area contributed by atoms with Crippen LogP contribution in [0.2, 0.25) is 0 Å². The third kappa shape index (κ3) is 5.99. The van der Waals surface area contributed by atoms with Crippen molar-refractivity contribution in [3.05, 3.63) is 105 Å². The fourth-order valence-electron chi connectivity index (χ4n) is 3.50. The summed E-state index contributed by atoms with van der Waals surface area (Å²) in [6.45, 7) is 4.28. The predicted octanol–water partition coefficient (Wildman–Crippen LogP) is 5.71. The second-order valence-electron chi connectivity index (χ2n) is 8.38. The standard InChI is InChI=1S/C15H10O4.C14H14O4/c16-10-6-11(17)15-12(18)8-13(19-14(15)7-10)9-4-2-1-3-5-9;1-9(2)5-6-17-13-8-12-10(7-11(13)15)3-4-14(16)18-12/h1-8,16-17H;3-5,7-8,15H,6H2,1-2H3. The van der Waals surface area contributed by atoms with Gasteiger partial charge in [-0.1, -0.05) is 35.9 Å². The van der Waals surface area contributed by atoms with Gasteiger partial charge in [-0.05, 0) is 32.1 Å². The number of allylic oxidation sites excluding steroid dienone is 1. The van der Waals surface area contributed by atoms with Crippen LogP contribution in [0, 0.1) is 0 Å². The zero-order valence-corrected chi connectivity index (χ0v) is 20.1. The largest absolute Gasteiger partial charge is 0.508 e. The van der Waals surface area contributed by atoms with Crippen LogP contribution in [0.15, 0.2) is 103 Å². The zero-order valence-electron chi connectivity index (χ0n) is 20.1. The van der Waals surface area contributed by atoms with E-state index in [1.54, 1.807) is 6.07 Å². The van der Waals surface area contributed by atoms with Gasteiger partial charge in [-0.3, -0.25) is 4.79 Å². The SMILES string of the molecule is CC(C)=CCOc1cc2oc(=O)ccc2cc1O.O=c1cc(-c2ccccc2)oc2cc(O)cc(O)c12. The van der Waals surface area contributed by atoms with Gasteiger partial charge >= 0.3 is 5.63 Å². The van der Waals surface area contributed by atoms with Crippen molar-refractivity contribution in [2.75, 3.05) is 6.61 Å². The van der Waals surface area contributed by atoms with E-state index in [0.717, 1.165) is 17.2 Å². The molecule has 0 aliphatic rings. The Bertz CT molecular complexity index is 1710. The predicted molar refractivity (Wildman–Crippen MR) is 140 cm³/mol. The van der Waals surface area contributed by atoms with Gasteiger partial charge in [-0.25, -0.2) is 4.79 Å². The van der Waals surface area contributed by atoms with Crippen molar-refractivity contribution in [2.45, 2.75) is 13.8 Å². The van der Waals surface area contributed by atoms with Crippen molar-refractivity contribution in [1.29, 1.82) is 0 Å². The van der Waals surface area contributed by atoms with Crippen molar-refractivity contribution in [1.82, 2.24) is 0 Å². The normalized spacial score (nSPS) is 10.5. The molecule has 0 atom stereocenters. The second-order valence-corrected chi connectivity index (χ2v) is 8.38. The van der Waals surface area contributed by atoms with E-state index < -0.39 is 5.63 Å². The topological polar surface area (TPSA) is 130 Å². The number of phenols is 3. The highest BCUT2D eigenvalue weighted by Crippen LogP contribution is 2.31. The quantitative estimate of drug-likeness (QED) is 0.211. The lowest BCUT2D eigenvalue weighted by molar-refractivity contribution is 0.335. The molecule has 0 radical (unpaired) electrons. The molecular formula is C29H24O8. The third-order valence-corrected chi connectivity index (χ3v) is 5.28. The lowest BCUT2D eigenvalue weighted by Gasteiger charge is -2.07. The van der Waals surface area contributed by atoms with Crippen LogP contribution in [0.5, 0.6) is 23.0 Å². The smallest absolute Gasteiger partial charge is 0.336 e. The van der Waals surface area contributed by atoms with E-state index in [2.05, 4.69) is 0 Å². The summed E-state index contributed by atoms with van der Waals surface area (Å²) in [5.41, 5.74) is 1.66. The first-order valence-corrected chi connectivity index (χ1v) is 11.3. The van der Waals surface area contributed by atoms with E-state index in [-0.39, 0.29) is 33.6 Å². The molecule has 0 unspecified atom stereocenters. The monoisotopic (exact) mass is 500 g/mol. The van der Waals surface area contributed by atoms with Crippen LogP contribution >= 0.6 is 0 Å². The van der Waals surface area contributed by atoms with Gasteiger partial charge in [0.1, 0.15) is 40.4 Å². The Morgan fingerprint density at radius 1 is 0.838 bits per heavy atom. The number of benzene rings is 3. The summed E-state index contributed by atoms with van der Waals surface area (Å²) < 4.78 is 16.0. The maximum Gasteiger partial charge on any atom is 0.336 e. The number of fused-ring (bicyclic) bond motifs is 2. The summed E-state index contributed by atoms with van der Waals surface area (Å²) in [5.74, 6) is 0.276. The lowest BCUT2D eigenvalue weighted by atomic mass is 10.1. The van der Waals surface area contributed by atoms with E-state index >= 15 is 0 Å². The molecule has 0 fully saturated rings. The van der Waals surface area contributed by atoms with Gasteiger partial charge in [0.25, 0.3) is 0 Å². The molecule has 37 heavy (non-hydrogen) atoms. The van der Waals surface area contributed by atoms with Crippen LogP contribution in [0.4, 0.5) is 0 Å². The molecular weight excluding hydrogens is 476 g/mol. The molecule has 5 aromatic rings. The maximum absolute atomic E-state index is 12.0. The van der Waals surface area contributed by atoms with Crippen LogP contribution < -0.4 is 15.8 Å². The Balaban J connectivity index is 0.000000173. The van der Waals surface area contributed by atoms with Crippen molar-refractivity contribution < 1.29 is 28.9 Å². The molecule has 5 rings (SSSR count). The van der Waals surface area contributed by atoms with E-state index in [9.17, 15) is 24.9 Å². The van der Waals surface area contributed by atoms with Crippen LogP contribution in [-0.2, 0) is 0 Å². The number of phenolic OH excluding ortho intramolecular Hbond substituents is 3. The molecule has 0 aliphatic heterocycles. The summed E-state index contributed by atoms with van der Waals surface area (Å²) in [7, 11) is 0. The number of rotatable bonds is 4. The Labute approximate surface area is 210 Å². The summed E-state index contributed by atoms with van der Waals surface area (Å²) in [5, 5.41) is 29.6. The average molecular weight is 501 g/mol. The van der Waals surface area contributed by atoms with E-state index in [4.69, 9.17) is 13.6 Å². The highest BCUT2D eigenvalue weighted by atomic mass is 16.5. The fraction of sp³-hybridized carbons (Fsp3) is 0.103. The van der Waals surface area contributed by atoms with Crippen molar-refractivity contribution in [3.8, 4) is 34.3 Å². The molecule has 3 N–H and O–H groups in total. The Hall–Kier alpha value is -4.98. The number of ether oxygens (including phenoxy) is 1. The minimum absolute atomic E-state index is 0.0264. The first kappa shape index (κ1) is 25.1. The van der Waals surface area contributed by atoms with Gasteiger partial charge in [0.15, 0.2) is 16.9 Å². The Morgan fingerprint density at radius 2 is 1.59 bits per heavy atom. The summed E-state index contributed by atoms with van der Waals surface area (Å²) >= 11 is 0. The number of hydrogen-bond acceptors (Lipinski definition) is 8. The molecule has 8 heteroatoms. The molecule has 0 saturated carbocycles. The van der Waals surface area contributed by atoms with Crippen molar-refractivity contribution in [3.63, 3.8) is 0 Å². The zero-order chi connectivity index (χ0) is 26.5. The number of aromatic hydroxyl groups is 3. The first-order valence-electron chi connectivity index (χ1n) is 11.3. The minimum Gasteiger partial charge on any atom is -0.508 e. The number of hydrogen-bond donors (Lipinski definition) is 3. The maximum atomic E-state index is 12.0. The minimum atomic E-state index is -0.427. The van der Waals surface area contributed by atoms with Crippen LogP contribution in [0.25, 0.3) is 33.3 Å². The van der Waals surface area contributed by atoms with Gasteiger partial charge in [0, 0.05) is 41.3 Å². The van der Waals surface area contributed by atoms with Crippen molar-refractivity contribution in [2.24, 2.45) is 0 Å². The second kappa shape index (κ2) is 10.7. The third-order valence-electron chi connectivity index (χ3n) is 5.28. The van der Waals surface area contributed by atoms with Gasteiger partial charge in [-0.15, -0.1) is 0 Å². The Morgan fingerprint density at radius 3 is 2.32 bits per heavy atom. The highest BCUT2D eigenvalue weighted by Gasteiger charge is 2.12. The first-order chi connectivity index (χ1) is 17.7. The molecule has 0 amide bonds. The highest BCUT2D eigenvalue weighted by molar-refractivity contribution is 5.86. The molecule has 2 heterocycles. The van der Waals surface area contributed by atoms with Gasteiger partial charge in [-0.2, -0.15) is 0 Å².